The molecule has 0 bridgehead atoms. The first-order chi connectivity index (χ1) is 13.8. The monoisotopic (exact) mass is 416 g/mol. The van der Waals surface area contributed by atoms with Crippen LogP contribution in [0.4, 0.5) is 0 Å². The van der Waals surface area contributed by atoms with Gasteiger partial charge in [-0.1, -0.05) is 44.2 Å². The fraction of sp³-hybridized carbons (Fsp3) is 0.409. The zero-order chi connectivity index (χ0) is 21.0. The average Bonchev–Trinajstić information content (AvgIpc) is 2.75. The van der Waals surface area contributed by atoms with E-state index in [1.807, 2.05) is 12.1 Å². The van der Waals surface area contributed by atoms with Gasteiger partial charge in [-0.3, -0.25) is 4.79 Å². The Kier molecular flexibility index (Phi) is 6.59. The largest absolute Gasteiger partial charge is 0.508 e. The van der Waals surface area contributed by atoms with Gasteiger partial charge in [-0.25, -0.2) is 8.42 Å². The van der Waals surface area contributed by atoms with E-state index in [0.717, 1.165) is 12.0 Å². The standard InChI is InChI=1S/C22H28N2O4S/c1-3-17(2)18-8-10-20(11-9-18)29(27,28)24-14-12-23(13-15-24)22(26)16-19-6-4-5-7-21(19)25/h4-11,17,25H,3,12-16H2,1-2H3. The fourth-order valence-electron chi connectivity index (χ4n) is 3.47. The summed E-state index contributed by atoms with van der Waals surface area (Å²) in [6.07, 6.45) is 1.11. The minimum atomic E-state index is -3.57. The van der Waals surface area contributed by atoms with Crippen molar-refractivity contribution < 1.29 is 18.3 Å². The van der Waals surface area contributed by atoms with Crippen LogP contribution in [0.2, 0.25) is 0 Å². The topological polar surface area (TPSA) is 77.9 Å². The Labute approximate surface area is 172 Å². The Morgan fingerprint density at radius 2 is 1.66 bits per heavy atom. The molecule has 0 spiro atoms. The summed E-state index contributed by atoms with van der Waals surface area (Å²) in [6, 6.07) is 13.9. The molecule has 29 heavy (non-hydrogen) atoms. The van der Waals surface area contributed by atoms with Crippen molar-refractivity contribution in [1.29, 1.82) is 0 Å². The van der Waals surface area contributed by atoms with Crippen molar-refractivity contribution in [1.82, 2.24) is 9.21 Å². The van der Waals surface area contributed by atoms with Gasteiger partial charge in [0.1, 0.15) is 5.75 Å². The predicted octanol–water partition coefficient (Wildman–Crippen LogP) is 2.98. The molecule has 1 heterocycles. The Hall–Kier alpha value is -2.38. The fourth-order valence-corrected chi connectivity index (χ4v) is 4.89. The van der Waals surface area contributed by atoms with Gasteiger partial charge >= 0.3 is 0 Å². The Bertz CT molecular complexity index is 949. The Morgan fingerprint density at radius 3 is 2.24 bits per heavy atom. The Morgan fingerprint density at radius 1 is 1.03 bits per heavy atom. The lowest BCUT2D eigenvalue weighted by Crippen LogP contribution is -2.50. The molecule has 0 radical (unpaired) electrons. The molecule has 0 saturated carbocycles. The van der Waals surface area contributed by atoms with Crippen LogP contribution in [0.1, 0.15) is 37.3 Å². The zero-order valence-electron chi connectivity index (χ0n) is 16.9. The van der Waals surface area contributed by atoms with Gasteiger partial charge in [-0.05, 0) is 36.1 Å². The molecule has 1 amide bonds. The SMILES string of the molecule is CCC(C)c1ccc(S(=O)(=O)N2CCN(C(=O)Cc3ccccc3O)CC2)cc1. The molecular formula is C22H28N2O4S. The molecule has 2 aromatic carbocycles. The van der Waals surface area contributed by atoms with Crippen LogP contribution in [0, 0.1) is 0 Å². The molecule has 3 rings (SSSR count). The number of phenols is 1. The number of hydrogen-bond acceptors (Lipinski definition) is 4. The second-order valence-electron chi connectivity index (χ2n) is 7.47. The quantitative estimate of drug-likeness (QED) is 0.785. The number of hydrogen-bond donors (Lipinski definition) is 1. The molecule has 156 valence electrons. The summed E-state index contributed by atoms with van der Waals surface area (Å²) in [5, 5.41) is 9.84. The van der Waals surface area contributed by atoms with E-state index in [9.17, 15) is 18.3 Å². The summed E-state index contributed by atoms with van der Waals surface area (Å²) < 4.78 is 27.3. The van der Waals surface area contributed by atoms with E-state index >= 15 is 0 Å². The number of carbonyl (C=O) groups excluding carboxylic acids is 1. The van der Waals surface area contributed by atoms with Crippen molar-refractivity contribution >= 4 is 15.9 Å². The summed E-state index contributed by atoms with van der Waals surface area (Å²) in [5.74, 6) is 0.384. The van der Waals surface area contributed by atoms with E-state index in [0.29, 0.717) is 29.5 Å². The van der Waals surface area contributed by atoms with Gasteiger partial charge in [-0.2, -0.15) is 4.31 Å². The van der Waals surface area contributed by atoms with Gasteiger partial charge in [-0.15, -0.1) is 0 Å². The number of sulfonamides is 1. The maximum Gasteiger partial charge on any atom is 0.243 e. The number of aromatic hydroxyl groups is 1. The molecule has 1 atom stereocenters. The third-order valence-corrected chi connectivity index (χ3v) is 7.54. The summed E-state index contributed by atoms with van der Waals surface area (Å²) in [4.78, 5) is 14.5. The summed E-state index contributed by atoms with van der Waals surface area (Å²) in [7, 11) is -3.57. The highest BCUT2D eigenvalue weighted by Gasteiger charge is 2.30. The van der Waals surface area contributed by atoms with Crippen molar-refractivity contribution in [3.8, 4) is 5.75 Å². The smallest absolute Gasteiger partial charge is 0.243 e. The molecule has 1 aliphatic heterocycles. The summed E-state index contributed by atoms with van der Waals surface area (Å²) in [6.45, 7) is 5.45. The molecule has 6 nitrogen and oxygen atoms in total. The van der Waals surface area contributed by atoms with Crippen LogP contribution >= 0.6 is 0 Å². The van der Waals surface area contributed by atoms with E-state index in [1.165, 1.54) is 4.31 Å². The van der Waals surface area contributed by atoms with Gasteiger partial charge in [0.15, 0.2) is 0 Å². The normalized spacial score (nSPS) is 16.6. The van der Waals surface area contributed by atoms with E-state index in [4.69, 9.17) is 0 Å². The van der Waals surface area contributed by atoms with Gasteiger partial charge in [0.2, 0.25) is 15.9 Å². The number of carbonyl (C=O) groups is 1. The molecule has 1 saturated heterocycles. The highest BCUT2D eigenvalue weighted by molar-refractivity contribution is 7.89. The first-order valence-corrected chi connectivity index (χ1v) is 11.4. The van der Waals surface area contributed by atoms with Crippen LogP contribution in [0.15, 0.2) is 53.4 Å². The third kappa shape index (κ3) is 4.79. The number of benzene rings is 2. The zero-order valence-corrected chi connectivity index (χ0v) is 17.7. The Balaban J connectivity index is 1.62. The number of rotatable bonds is 6. The van der Waals surface area contributed by atoms with Crippen LogP contribution < -0.4 is 0 Å². The van der Waals surface area contributed by atoms with Gasteiger partial charge < -0.3 is 10.0 Å². The molecule has 1 unspecified atom stereocenters. The van der Waals surface area contributed by atoms with E-state index in [1.54, 1.807) is 41.3 Å². The lowest BCUT2D eigenvalue weighted by molar-refractivity contribution is -0.131. The highest BCUT2D eigenvalue weighted by Crippen LogP contribution is 2.23. The third-order valence-electron chi connectivity index (χ3n) is 5.62. The lowest BCUT2D eigenvalue weighted by atomic mass is 9.99. The number of phenolic OH excluding ortho intramolecular Hbond substituents is 1. The summed E-state index contributed by atoms with van der Waals surface area (Å²) >= 11 is 0. The molecule has 1 N–H and O–H groups in total. The van der Waals surface area contributed by atoms with Crippen molar-refractivity contribution in [2.45, 2.75) is 37.5 Å². The van der Waals surface area contributed by atoms with Gasteiger partial charge in [0.25, 0.3) is 0 Å². The molecule has 1 aliphatic rings. The molecular weight excluding hydrogens is 388 g/mol. The molecule has 1 fully saturated rings. The first kappa shape index (κ1) is 21.3. The van der Waals surface area contributed by atoms with Crippen molar-refractivity contribution in [2.24, 2.45) is 0 Å². The minimum absolute atomic E-state index is 0.0999. The number of nitrogens with zero attached hydrogens (tertiary/aromatic N) is 2. The van der Waals surface area contributed by atoms with E-state index in [2.05, 4.69) is 13.8 Å². The second-order valence-corrected chi connectivity index (χ2v) is 9.41. The maximum atomic E-state index is 12.9. The molecule has 7 heteroatoms. The van der Waals surface area contributed by atoms with Crippen LogP contribution in [0.5, 0.6) is 5.75 Å². The van der Waals surface area contributed by atoms with Crippen LogP contribution in [0.3, 0.4) is 0 Å². The second kappa shape index (κ2) is 8.97. The molecule has 2 aromatic rings. The van der Waals surface area contributed by atoms with Gasteiger partial charge in [0.05, 0.1) is 11.3 Å². The van der Waals surface area contributed by atoms with Crippen molar-refractivity contribution in [3.05, 3.63) is 59.7 Å². The number of piperazine rings is 1. The summed E-state index contributed by atoms with van der Waals surface area (Å²) in [5.41, 5.74) is 1.71. The highest BCUT2D eigenvalue weighted by atomic mass is 32.2. The minimum Gasteiger partial charge on any atom is -0.508 e. The van der Waals surface area contributed by atoms with Crippen LogP contribution in [-0.4, -0.2) is 54.8 Å². The number of para-hydroxylation sites is 1. The van der Waals surface area contributed by atoms with Crippen molar-refractivity contribution in [2.75, 3.05) is 26.2 Å². The first-order valence-electron chi connectivity index (χ1n) is 9.97. The molecule has 0 aromatic heterocycles. The van der Waals surface area contributed by atoms with Crippen LogP contribution in [-0.2, 0) is 21.2 Å². The maximum absolute atomic E-state index is 12.9. The average molecular weight is 417 g/mol. The van der Waals surface area contributed by atoms with E-state index in [-0.39, 0.29) is 31.2 Å². The molecule has 0 aliphatic carbocycles. The van der Waals surface area contributed by atoms with Crippen molar-refractivity contribution in [3.63, 3.8) is 0 Å². The lowest BCUT2D eigenvalue weighted by Gasteiger charge is -2.34. The number of amides is 1. The van der Waals surface area contributed by atoms with Gasteiger partial charge in [0, 0.05) is 31.7 Å². The van der Waals surface area contributed by atoms with Crippen LogP contribution in [0.25, 0.3) is 0 Å². The predicted molar refractivity (Wildman–Crippen MR) is 112 cm³/mol. The van der Waals surface area contributed by atoms with E-state index < -0.39 is 10.0 Å².